The molecule has 2 nitrogen and oxygen atoms in total. The van der Waals surface area contributed by atoms with Crippen LogP contribution >= 0.6 is 15.9 Å². The van der Waals surface area contributed by atoms with Crippen molar-refractivity contribution in [2.45, 2.75) is 26.7 Å². The van der Waals surface area contributed by atoms with E-state index in [0.29, 0.717) is 15.6 Å². The number of aliphatic hydroxyl groups is 1. The highest BCUT2D eigenvalue weighted by molar-refractivity contribution is 9.10. The van der Waals surface area contributed by atoms with Gasteiger partial charge in [-0.1, -0.05) is 15.9 Å². The first-order valence-electron chi connectivity index (χ1n) is 5.10. The average molecular weight is 309 g/mol. The smallest absolute Gasteiger partial charge is 0.299 e. The van der Waals surface area contributed by atoms with E-state index in [1.807, 2.05) is 6.92 Å². The number of aliphatic hydroxyl groups excluding tert-OH is 1. The molecule has 0 fully saturated rings. The molecule has 1 aromatic rings. The van der Waals surface area contributed by atoms with Gasteiger partial charge in [-0.05, 0) is 37.5 Å². The molecule has 0 aliphatic carbocycles. The second-order valence-corrected chi connectivity index (χ2v) is 4.75. The van der Waals surface area contributed by atoms with Gasteiger partial charge >= 0.3 is 0 Å². The number of ether oxygens (including phenoxy) is 1. The first kappa shape index (κ1) is 14.4. The predicted octanol–water partition coefficient (Wildman–Crippen LogP) is 3.47. The molecular weight excluding hydrogens is 294 g/mol. The molecule has 1 rings (SSSR count). The molecule has 0 radical (unpaired) electrons. The fourth-order valence-electron chi connectivity index (χ4n) is 1.86. The van der Waals surface area contributed by atoms with Crippen LogP contribution in [0.5, 0.6) is 5.75 Å². The fraction of sp³-hybridized carbons (Fsp3) is 0.500. The average Bonchev–Trinajstić information content (AvgIpc) is 2.30. The summed E-state index contributed by atoms with van der Waals surface area (Å²) in [6, 6.07) is 0. The van der Waals surface area contributed by atoms with E-state index in [2.05, 4.69) is 15.9 Å². The van der Waals surface area contributed by atoms with Gasteiger partial charge in [-0.15, -0.1) is 0 Å². The van der Waals surface area contributed by atoms with Crippen LogP contribution in [0.3, 0.4) is 0 Å². The number of rotatable bonds is 3. The summed E-state index contributed by atoms with van der Waals surface area (Å²) in [6.07, 6.45) is 0. The minimum atomic E-state index is -3.31. The standard InChI is InChI=1S/C12H15BrF2O2/c1-6-7(2)11(17-4)9(8(3)10(6)13)12(14,15)5-16/h16H,5H2,1-4H3. The van der Waals surface area contributed by atoms with Crippen LogP contribution in [0.1, 0.15) is 22.3 Å². The van der Waals surface area contributed by atoms with Crippen LogP contribution in [-0.4, -0.2) is 18.8 Å². The Morgan fingerprint density at radius 1 is 1.18 bits per heavy atom. The van der Waals surface area contributed by atoms with Crippen LogP contribution in [0, 0.1) is 20.8 Å². The number of halogens is 3. The Morgan fingerprint density at radius 2 is 1.71 bits per heavy atom. The van der Waals surface area contributed by atoms with Crippen LogP contribution in [-0.2, 0) is 5.92 Å². The van der Waals surface area contributed by atoms with E-state index in [4.69, 9.17) is 9.84 Å². The van der Waals surface area contributed by atoms with E-state index in [1.54, 1.807) is 13.8 Å². The number of methoxy groups -OCH3 is 1. The zero-order chi connectivity index (χ0) is 13.4. The monoisotopic (exact) mass is 308 g/mol. The molecule has 0 atom stereocenters. The summed E-state index contributed by atoms with van der Waals surface area (Å²) in [6.45, 7) is 3.89. The fourth-order valence-corrected chi connectivity index (χ4v) is 2.35. The summed E-state index contributed by atoms with van der Waals surface area (Å²) in [5.41, 5.74) is 1.64. The Morgan fingerprint density at radius 3 is 2.12 bits per heavy atom. The lowest BCUT2D eigenvalue weighted by Crippen LogP contribution is -2.22. The predicted molar refractivity (Wildman–Crippen MR) is 65.9 cm³/mol. The minimum absolute atomic E-state index is 0.141. The maximum absolute atomic E-state index is 13.7. The summed E-state index contributed by atoms with van der Waals surface area (Å²) in [5.74, 6) is -3.17. The minimum Gasteiger partial charge on any atom is -0.496 e. The molecule has 0 unspecified atom stereocenters. The molecule has 1 aromatic carbocycles. The van der Waals surface area contributed by atoms with Gasteiger partial charge in [-0.25, -0.2) is 0 Å². The number of hydrogen-bond acceptors (Lipinski definition) is 2. The number of hydrogen-bond donors (Lipinski definition) is 1. The van der Waals surface area contributed by atoms with E-state index in [1.165, 1.54) is 7.11 Å². The quantitative estimate of drug-likeness (QED) is 0.926. The van der Waals surface area contributed by atoms with E-state index in [9.17, 15) is 8.78 Å². The van der Waals surface area contributed by atoms with Gasteiger partial charge in [-0.3, -0.25) is 0 Å². The van der Waals surface area contributed by atoms with Gasteiger partial charge in [-0.2, -0.15) is 8.78 Å². The Hall–Kier alpha value is -0.680. The first-order chi connectivity index (χ1) is 7.77. The van der Waals surface area contributed by atoms with Gasteiger partial charge in [0.05, 0.1) is 12.7 Å². The molecule has 0 saturated carbocycles. The van der Waals surface area contributed by atoms with Crippen LogP contribution in [0.15, 0.2) is 4.47 Å². The highest BCUT2D eigenvalue weighted by Crippen LogP contribution is 2.43. The second-order valence-electron chi connectivity index (χ2n) is 3.96. The van der Waals surface area contributed by atoms with Gasteiger partial charge in [0, 0.05) is 4.47 Å². The molecule has 0 heterocycles. The van der Waals surface area contributed by atoms with Crippen LogP contribution in [0.25, 0.3) is 0 Å². The molecule has 5 heteroatoms. The van der Waals surface area contributed by atoms with Gasteiger partial charge in [0.25, 0.3) is 5.92 Å². The molecular formula is C12H15BrF2O2. The van der Waals surface area contributed by atoms with Gasteiger partial charge in [0.15, 0.2) is 0 Å². The zero-order valence-corrected chi connectivity index (χ0v) is 11.8. The molecule has 0 aliphatic heterocycles. The van der Waals surface area contributed by atoms with Crippen molar-refractivity contribution in [2.75, 3.05) is 13.7 Å². The van der Waals surface area contributed by atoms with Gasteiger partial charge in [0.1, 0.15) is 12.4 Å². The van der Waals surface area contributed by atoms with Crippen molar-refractivity contribution in [1.82, 2.24) is 0 Å². The molecule has 0 aromatic heterocycles. The first-order valence-corrected chi connectivity index (χ1v) is 5.89. The van der Waals surface area contributed by atoms with E-state index in [-0.39, 0.29) is 11.3 Å². The third-order valence-electron chi connectivity index (χ3n) is 2.93. The Balaban J connectivity index is 3.70. The van der Waals surface area contributed by atoms with Crippen molar-refractivity contribution >= 4 is 15.9 Å². The summed E-state index contributed by atoms with van der Waals surface area (Å²) in [5, 5.41) is 8.82. The molecule has 96 valence electrons. The van der Waals surface area contributed by atoms with Crippen LogP contribution < -0.4 is 4.74 Å². The van der Waals surface area contributed by atoms with Crippen LogP contribution in [0.4, 0.5) is 8.78 Å². The van der Waals surface area contributed by atoms with Crippen LogP contribution in [0.2, 0.25) is 0 Å². The van der Waals surface area contributed by atoms with Gasteiger partial charge in [0.2, 0.25) is 0 Å². The lowest BCUT2D eigenvalue weighted by Gasteiger charge is -2.23. The molecule has 0 spiro atoms. The molecule has 0 aliphatic rings. The van der Waals surface area contributed by atoms with Gasteiger partial charge < -0.3 is 9.84 Å². The zero-order valence-electron chi connectivity index (χ0n) is 10.2. The number of benzene rings is 1. The van der Waals surface area contributed by atoms with E-state index < -0.39 is 12.5 Å². The maximum atomic E-state index is 13.7. The van der Waals surface area contributed by atoms with E-state index >= 15 is 0 Å². The summed E-state index contributed by atoms with van der Waals surface area (Å²) in [4.78, 5) is 0. The molecule has 0 saturated heterocycles. The Labute approximate surface area is 108 Å². The number of alkyl halides is 2. The van der Waals surface area contributed by atoms with E-state index in [0.717, 1.165) is 5.56 Å². The maximum Gasteiger partial charge on any atom is 0.299 e. The second kappa shape index (κ2) is 4.90. The van der Waals surface area contributed by atoms with Crippen molar-refractivity contribution in [1.29, 1.82) is 0 Å². The van der Waals surface area contributed by atoms with Crippen molar-refractivity contribution in [2.24, 2.45) is 0 Å². The summed E-state index contributed by atoms with van der Waals surface area (Å²) >= 11 is 3.30. The van der Waals surface area contributed by atoms with Crippen molar-refractivity contribution in [3.63, 3.8) is 0 Å². The summed E-state index contributed by atoms with van der Waals surface area (Å²) < 4.78 is 33.2. The molecule has 17 heavy (non-hydrogen) atoms. The topological polar surface area (TPSA) is 29.5 Å². The molecule has 0 amide bonds. The Kier molecular flexibility index (Phi) is 4.15. The van der Waals surface area contributed by atoms with Crippen molar-refractivity contribution in [3.8, 4) is 5.75 Å². The lowest BCUT2D eigenvalue weighted by molar-refractivity contribution is -0.0577. The lowest BCUT2D eigenvalue weighted by atomic mass is 9.95. The summed E-state index contributed by atoms with van der Waals surface area (Å²) in [7, 11) is 1.35. The molecule has 0 bridgehead atoms. The van der Waals surface area contributed by atoms with Crippen molar-refractivity contribution < 1.29 is 18.6 Å². The largest absolute Gasteiger partial charge is 0.496 e. The normalized spacial score (nSPS) is 11.8. The third kappa shape index (κ3) is 2.31. The third-order valence-corrected chi connectivity index (χ3v) is 4.12. The highest BCUT2D eigenvalue weighted by atomic mass is 79.9. The molecule has 1 N–H and O–H groups in total. The van der Waals surface area contributed by atoms with Crippen molar-refractivity contribution in [3.05, 3.63) is 26.7 Å². The Bertz CT molecular complexity index is 445. The SMILES string of the molecule is COc1c(C)c(C)c(Br)c(C)c1C(F)(F)CO. The highest BCUT2D eigenvalue weighted by Gasteiger charge is 2.37.